The molecule has 0 radical (unpaired) electrons. The summed E-state index contributed by atoms with van der Waals surface area (Å²) in [5, 5.41) is 3.50. The van der Waals surface area contributed by atoms with Crippen LogP contribution in [0.3, 0.4) is 0 Å². The first kappa shape index (κ1) is 24.0. The standard InChI is InChI=1S/C23H28Cl2N2O3/c1-5-21(23(29)26-4)27(13-18-19(24)7-6-8-20(18)25)22(28)14-30-17-11-9-16(10-12-17)15(2)3/h6-12,15,21H,5,13-14H2,1-4H3,(H,26,29)/t21-/m0/s1. The van der Waals surface area contributed by atoms with Crippen LogP contribution in [-0.2, 0) is 16.1 Å². The Hall–Kier alpha value is -2.24. The van der Waals surface area contributed by atoms with Crippen molar-refractivity contribution in [2.24, 2.45) is 0 Å². The van der Waals surface area contributed by atoms with Gasteiger partial charge in [-0.05, 0) is 42.2 Å². The van der Waals surface area contributed by atoms with Crippen LogP contribution in [-0.4, -0.2) is 36.4 Å². The molecule has 0 aliphatic rings. The van der Waals surface area contributed by atoms with Crippen molar-refractivity contribution in [2.45, 2.75) is 45.7 Å². The third-order valence-corrected chi connectivity index (χ3v) is 5.64. The van der Waals surface area contributed by atoms with Crippen LogP contribution in [0.1, 0.15) is 44.2 Å². The predicted octanol–water partition coefficient (Wildman–Crippen LogP) is 5.05. The number of carbonyl (C=O) groups excluding carboxylic acids is 2. The van der Waals surface area contributed by atoms with Gasteiger partial charge in [0.05, 0.1) is 0 Å². The van der Waals surface area contributed by atoms with Crippen molar-refractivity contribution in [2.75, 3.05) is 13.7 Å². The van der Waals surface area contributed by atoms with Crippen LogP contribution in [0.15, 0.2) is 42.5 Å². The molecule has 0 aromatic heterocycles. The average Bonchev–Trinajstić information content (AvgIpc) is 2.73. The van der Waals surface area contributed by atoms with Gasteiger partial charge in [0.1, 0.15) is 11.8 Å². The van der Waals surface area contributed by atoms with Gasteiger partial charge in [-0.3, -0.25) is 9.59 Å². The summed E-state index contributed by atoms with van der Waals surface area (Å²) in [6, 6.07) is 12.1. The number of carbonyl (C=O) groups is 2. The molecule has 0 aliphatic heterocycles. The largest absolute Gasteiger partial charge is 0.484 e. The van der Waals surface area contributed by atoms with Gasteiger partial charge < -0.3 is 15.0 Å². The number of hydrogen-bond acceptors (Lipinski definition) is 3. The zero-order valence-corrected chi connectivity index (χ0v) is 19.3. The van der Waals surface area contributed by atoms with Gasteiger partial charge in [-0.15, -0.1) is 0 Å². The van der Waals surface area contributed by atoms with Gasteiger partial charge in [0.15, 0.2) is 6.61 Å². The van der Waals surface area contributed by atoms with E-state index in [-0.39, 0.29) is 25.0 Å². The van der Waals surface area contributed by atoms with E-state index in [1.165, 1.54) is 10.5 Å². The quantitative estimate of drug-likeness (QED) is 0.581. The summed E-state index contributed by atoms with van der Waals surface area (Å²) >= 11 is 12.6. The molecule has 30 heavy (non-hydrogen) atoms. The summed E-state index contributed by atoms with van der Waals surface area (Å²) in [6.45, 7) is 5.98. The zero-order valence-electron chi connectivity index (χ0n) is 17.7. The van der Waals surface area contributed by atoms with Gasteiger partial charge in [0, 0.05) is 29.2 Å². The SMILES string of the molecule is CC[C@@H](C(=O)NC)N(Cc1c(Cl)cccc1Cl)C(=O)COc1ccc(C(C)C)cc1. The highest BCUT2D eigenvalue weighted by Gasteiger charge is 2.29. The molecule has 2 amide bonds. The van der Waals surface area contributed by atoms with Crippen LogP contribution in [0.4, 0.5) is 0 Å². The molecule has 0 saturated carbocycles. The monoisotopic (exact) mass is 450 g/mol. The minimum atomic E-state index is -0.665. The van der Waals surface area contributed by atoms with Gasteiger partial charge in [0.2, 0.25) is 5.91 Å². The summed E-state index contributed by atoms with van der Waals surface area (Å²) in [5.41, 5.74) is 1.78. The number of nitrogens with one attached hydrogen (secondary N) is 1. The fraction of sp³-hybridized carbons (Fsp3) is 0.391. The van der Waals surface area contributed by atoms with Gasteiger partial charge in [-0.25, -0.2) is 0 Å². The smallest absolute Gasteiger partial charge is 0.261 e. The van der Waals surface area contributed by atoms with Crippen LogP contribution in [0.2, 0.25) is 10.0 Å². The van der Waals surface area contributed by atoms with Crippen LogP contribution >= 0.6 is 23.2 Å². The third-order valence-electron chi connectivity index (χ3n) is 4.93. The minimum Gasteiger partial charge on any atom is -0.484 e. The maximum Gasteiger partial charge on any atom is 0.261 e. The first-order valence-corrected chi connectivity index (χ1v) is 10.7. The van der Waals surface area contributed by atoms with E-state index in [0.717, 1.165) is 0 Å². The molecule has 2 aromatic carbocycles. The number of hydrogen-bond donors (Lipinski definition) is 1. The molecule has 0 spiro atoms. The van der Waals surface area contributed by atoms with E-state index in [1.807, 2.05) is 31.2 Å². The van der Waals surface area contributed by atoms with E-state index in [1.54, 1.807) is 25.2 Å². The summed E-state index contributed by atoms with van der Waals surface area (Å²) in [5.74, 6) is 0.426. The average molecular weight is 451 g/mol. The Bertz CT molecular complexity index is 849. The molecule has 5 nitrogen and oxygen atoms in total. The normalized spacial score (nSPS) is 11.8. The summed E-state index contributed by atoms with van der Waals surface area (Å²) in [6.07, 6.45) is 0.441. The number of halogens is 2. The van der Waals surface area contributed by atoms with Crippen LogP contribution in [0.25, 0.3) is 0 Å². The highest BCUT2D eigenvalue weighted by molar-refractivity contribution is 6.36. The molecule has 0 unspecified atom stereocenters. The summed E-state index contributed by atoms with van der Waals surface area (Å²) in [7, 11) is 1.54. The fourth-order valence-electron chi connectivity index (χ4n) is 3.12. The predicted molar refractivity (Wildman–Crippen MR) is 121 cm³/mol. The molecule has 162 valence electrons. The van der Waals surface area contributed by atoms with Crippen LogP contribution in [0.5, 0.6) is 5.75 Å². The van der Waals surface area contributed by atoms with Crippen molar-refractivity contribution in [3.8, 4) is 5.75 Å². The topological polar surface area (TPSA) is 58.6 Å². The van der Waals surface area contributed by atoms with Gasteiger partial charge in [-0.2, -0.15) is 0 Å². The van der Waals surface area contributed by atoms with Gasteiger partial charge in [-0.1, -0.05) is 62.2 Å². The number of nitrogens with zero attached hydrogens (tertiary/aromatic N) is 1. The van der Waals surface area contributed by atoms with E-state index < -0.39 is 6.04 Å². The number of benzene rings is 2. The van der Waals surface area contributed by atoms with E-state index in [9.17, 15) is 9.59 Å². The Balaban J connectivity index is 2.22. The van der Waals surface area contributed by atoms with E-state index in [2.05, 4.69) is 19.2 Å². The first-order chi connectivity index (χ1) is 14.3. The molecule has 2 aromatic rings. The van der Waals surface area contributed by atoms with Crippen molar-refractivity contribution in [1.29, 1.82) is 0 Å². The molecule has 0 heterocycles. The number of likely N-dealkylation sites (N-methyl/N-ethyl adjacent to an activating group) is 1. The molecule has 2 rings (SSSR count). The van der Waals surface area contributed by atoms with E-state index in [4.69, 9.17) is 27.9 Å². The Kier molecular flexibility index (Phi) is 9.00. The zero-order chi connectivity index (χ0) is 22.3. The second-order valence-corrected chi connectivity index (χ2v) is 8.09. The molecular formula is C23H28Cl2N2O3. The second kappa shape index (κ2) is 11.2. The van der Waals surface area contributed by atoms with Crippen LogP contribution in [0, 0.1) is 0 Å². The van der Waals surface area contributed by atoms with Crippen molar-refractivity contribution in [1.82, 2.24) is 10.2 Å². The molecule has 0 fully saturated rings. The summed E-state index contributed by atoms with van der Waals surface area (Å²) in [4.78, 5) is 27.0. The molecule has 0 saturated heterocycles. The lowest BCUT2D eigenvalue weighted by Gasteiger charge is -2.30. The minimum absolute atomic E-state index is 0.110. The van der Waals surface area contributed by atoms with Crippen LogP contribution < -0.4 is 10.1 Å². The molecular weight excluding hydrogens is 423 g/mol. The molecule has 0 aliphatic carbocycles. The lowest BCUT2D eigenvalue weighted by Crippen LogP contribution is -2.49. The third kappa shape index (κ3) is 6.13. The second-order valence-electron chi connectivity index (χ2n) is 7.27. The fourth-order valence-corrected chi connectivity index (χ4v) is 3.63. The first-order valence-electron chi connectivity index (χ1n) is 9.95. The van der Waals surface area contributed by atoms with Crippen molar-refractivity contribution in [3.63, 3.8) is 0 Å². The molecule has 1 atom stereocenters. The van der Waals surface area contributed by atoms with Crippen molar-refractivity contribution >= 4 is 35.0 Å². The lowest BCUT2D eigenvalue weighted by molar-refractivity contribution is -0.142. The molecule has 1 N–H and O–H groups in total. The Morgan fingerprint density at radius 3 is 2.17 bits per heavy atom. The number of ether oxygens (including phenoxy) is 1. The van der Waals surface area contributed by atoms with Gasteiger partial charge >= 0.3 is 0 Å². The number of rotatable bonds is 9. The molecule has 0 bridgehead atoms. The maximum absolute atomic E-state index is 13.1. The molecule has 7 heteroatoms. The van der Waals surface area contributed by atoms with Gasteiger partial charge in [0.25, 0.3) is 5.91 Å². The number of amides is 2. The highest BCUT2D eigenvalue weighted by Crippen LogP contribution is 2.27. The van der Waals surface area contributed by atoms with Crippen molar-refractivity contribution in [3.05, 3.63) is 63.6 Å². The Labute approximate surface area is 188 Å². The lowest BCUT2D eigenvalue weighted by atomic mass is 10.0. The Morgan fingerprint density at radius 2 is 1.67 bits per heavy atom. The summed E-state index contributed by atoms with van der Waals surface area (Å²) < 4.78 is 5.70. The van der Waals surface area contributed by atoms with E-state index in [0.29, 0.717) is 33.7 Å². The van der Waals surface area contributed by atoms with Crippen molar-refractivity contribution < 1.29 is 14.3 Å². The highest BCUT2D eigenvalue weighted by atomic mass is 35.5. The Morgan fingerprint density at radius 1 is 1.07 bits per heavy atom. The maximum atomic E-state index is 13.1. The van der Waals surface area contributed by atoms with E-state index >= 15 is 0 Å².